The molecule has 0 aromatic heterocycles. The Hall–Kier alpha value is -1.46. The fourth-order valence-corrected chi connectivity index (χ4v) is 2.59. The summed E-state index contributed by atoms with van der Waals surface area (Å²) in [5.74, 6) is -0.208. The van der Waals surface area contributed by atoms with Gasteiger partial charge in [0.15, 0.2) is 6.61 Å². The predicted molar refractivity (Wildman–Crippen MR) is 80.5 cm³/mol. The molecule has 0 aliphatic carbocycles. The van der Waals surface area contributed by atoms with Crippen molar-refractivity contribution >= 4 is 35.0 Å². The van der Waals surface area contributed by atoms with E-state index in [2.05, 4.69) is 0 Å². The molecule has 1 heterocycles. The molecule has 21 heavy (non-hydrogen) atoms. The number of nitrogens with zero attached hydrogens (tertiary/aromatic N) is 1. The molecule has 1 aliphatic rings. The van der Waals surface area contributed by atoms with Crippen molar-refractivity contribution in [3.63, 3.8) is 0 Å². The maximum atomic E-state index is 12.1. The van der Waals surface area contributed by atoms with E-state index >= 15 is 0 Å². The van der Waals surface area contributed by atoms with Crippen molar-refractivity contribution in [2.75, 3.05) is 19.7 Å². The fourth-order valence-electron chi connectivity index (χ4n) is 2.24. The lowest BCUT2D eigenvalue weighted by Gasteiger charge is -2.30. The number of likely N-dealkylation sites (tertiary alicyclic amines) is 1. The number of benzene rings is 1. The van der Waals surface area contributed by atoms with Crippen LogP contribution in [0.2, 0.25) is 10.0 Å². The second-order valence-electron chi connectivity index (χ2n) is 4.90. The van der Waals surface area contributed by atoms with Crippen LogP contribution in [0.5, 0.6) is 5.75 Å². The average Bonchev–Trinajstić information content (AvgIpc) is 2.48. The third-order valence-corrected chi connectivity index (χ3v) is 4.32. The van der Waals surface area contributed by atoms with Gasteiger partial charge in [0, 0.05) is 19.0 Å². The summed E-state index contributed by atoms with van der Waals surface area (Å²) in [5.41, 5.74) is 5.26. The molecule has 7 heteroatoms. The van der Waals surface area contributed by atoms with Crippen molar-refractivity contribution in [3.8, 4) is 5.75 Å². The van der Waals surface area contributed by atoms with Crippen LogP contribution < -0.4 is 10.5 Å². The number of piperidine rings is 1. The van der Waals surface area contributed by atoms with Gasteiger partial charge in [-0.1, -0.05) is 29.3 Å². The zero-order valence-electron chi connectivity index (χ0n) is 11.4. The van der Waals surface area contributed by atoms with Crippen molar-refractivity contribution in [1.82, 2.24) is 4.90 Å². The number of carbonyl (C=O) groups is 2. The Bertz CT molecular complexity index is 543. The Morgan fingerprint density at radius 2 is 1.95 bits per heavy atom. The highest BCUT2D eigenvalue weighted by Crippen LogP contribution is 2.31. The van der Waals surface area contributed by atoms with Gasteiger partial charge in [-0.15, -0.1) is 0 Å². The molecule has 0 bridgehead atoms. The Kier molecular flexibility index (Phi) is 5.31. The summed E-state index contributed by atoms with van der Waals surface area (Å²) in [6, 6.07) is 5.00. The molecule has 1 fully saturated rings. The van der Waals surface area contributed by atoms with Crippen LogP contribution in [-0.2, 0) is 9.59 Å². The van der Waals surface area contributed by atoms with Crippen molar-refractivity contribution in [3.05, 3.63) is 28.2 Å². The van der Waals surface area contributed by atoms with E-state index < -0.39 is 0 Å². The summed E-state index contributed by atoms with van der Waals surface area (Å²) >= 11 is 11.9. The van der Waals surface area contributed by atoms with Gasteiger partial charge in [-0.25, -0.2) is 0 Å². The van der Waals surface area contributed by atoms with Gasteiger partial charge < -0.3 is 15.4 Å². The highest BCUT2D eigenvalue weighted by molar-refractivity contribution is 6.42. The second kappa shape index (κ2) is 7.00. The summed E-state index contributed by atoms with van der Waals surface area (Å²) < 4.78 is 5.41. The van der Waals surface area contributed by atoms with Gasteiger partial charge in [0.05, 0.1) is 5.02 Å². The number of carbonyl (C=O) groups excluding carboxylic acids is 2. The zero-order chi connectivity index (χ0) is 15.4. The molecule has 1 aliphatic heterocycles. The van der Waals surface area contributed by atoms with Gasteiger partial charge in [0.2, 0.25) is 5.91 Å². The SMILES string of the molecule is NC(=O)C1CCN(C(=O)COc2cccc(Cl)c2Cl)CC1. The van der Waals surface area contributed by atoms with Crippen molar-refractivity contribution in [2.45, 2.75) is 12.8 Å². The molecule has 0 spiro atoms. The summed E-state index contributed by atoms with van der Waals surface area (Å²) in [6.07, 6.45) is 1.19. The third kappa shape index (κ3) is 4.02. The van der Waals surface area contributed by atoms with Crippen molar-refractivity contribution in [2.24, 2.45) is 11.7 Å². The van der Waals surface area contributed by atoms with E-state index in [0.29, 0.717) is 41.7 Å². The number of ether oxygens (including phenoxy) is 1. The van der Waals surface area contributed by atoms with Crippen LogP contribution in [-0.4, -0.2) is 36.4 Å². The lowest BCUT2D eigenvalue weighted by Crippen LogP contribution is -2.43. The maximum Gasteiger partial charge on any atom is 0.260 e. The first-order valence-electron chi connectivity index (χ1n) is 6.63. The van der Waals surface area contributed by atoms with Crippen LogP contribution in [0.1, 0.15) is 12.8 Å². The van der Waals surface area contributed by atoms with E-state index in [1.807, 2.05) is 0 Å². The molecule has 2 rings (SSSR count). The van der Waals surface area contributed by atoms with Gasteiger partial charge in [0.1, 0.15) is 10.8 Å². The van der Waals surface area contributed by atoms with Gasteiger partial charge in [0.25, 0.3) is 5.91 Å². The third-order valence-electron chi connectivity index (χ3n) is 3.52. The Morgan fingerprint density at radius 1 is 1.29 bits per heavy atom. The predicted octanol–water partition coefficient (Wildman–Crippen LogP) is 2.10. The molecule has 1 aromatic rings. The first-order chi connectivity index (χ1) is 9.99. The summed E-state index contributed by atoms with van der Waals surface area (Å²) in [6.45, 7) is 0.916. The number of halogens is 2. The molecule has 114 valence electrons. The molecule has 0 unspecified atom stereocenters. The van der Waals surface area contributed by atoms with Crippen LogP contribution in [0, 0.1) is 5.92 Å². The van der Waals surface area contributed by atoms with Crippen molar-refractivity contribution < 1.29 is 14.3 Å². The molecule has 0 radical (unpaired) electrons. The molecular weight excluding hydrogens is 315 g/mol. The first-order valence-corrected chi connectivity index (χ1v) is 7.38. The first kappa shape index (κ1) is 15.9. The topological polar surface area (TPSA) is 72.6 Å². The minimum Gasteiger partial charge on any atom is -0.482 e. The van der Waals surface area contributed by atoms with E-state index in [4.69, 9.17) is 33.7 Å². The van der Waals surface area contributed by atoms with Crippen LogP contribution in [0.25, 0.3) is 0 Å². The summed E-state index contributed by atoms with van der Waals surface area (Å²) in [5, 5.41) is 0.670. The molecule has 5 nitrogen and oxygen atoms in total. The normalized spacial score (nSPS) is 15.8. The maximum absolute atomic E-state index is 12.1. The van der Waals surface area contributed by atoms with Gasteiger partial charge >= 0.3 is 0 Å². The minimum absolute atomic E-state index is 0.110. The quantitative estimate of drug-likeness (QED) is 0.918. The van der Waals surface area contributed by atoms with Crippen LogP contribution in [0.4, 0.5) is 0 Å². The van der Waals surface area contributed by atoms with Crippen molar-refractivity contribution in [1.29, 1.82) is 0 Å². The van der Waals surface area contributed by atoms with Gasteiger partial charge in [-0.3, -0.25) is 9.59 Å². The Balaban J connectivity index is 1.85. The second-order valence-corrected chi connectivity index (χ2v) is 5.68. The average molecular weight is 331 g/mol. The summed E-state index contributed by atoms with van der Waals surface area (Å²) in [7, 11) is 0. The molecule has 2 amide bonds. The highest BCUT2D eigenvalue weighted by Gasteiger charge is 2.26. The van der Waals surface area contributed by atoms with E-state index in [0.717, 1.165) is 0 Å². The van der Waals surface area contributed by atoms with Crippen LogP contribution in [0.3, 0.4) is 0 Å². The molecule has 2 N–H and O–H groups in total. The molecular formula is C14H16Cl2N2O3. The van der Waals surface area contributed by atoms with E-state index in [9.17, 15) is 9.59 Å². The Morgan fingerprint density at radius 3 is 2.57 bits per heavy atom. The minimum atomic E-state index is -0.302. The zero-order valence-corrected chi connectivity index (χ0v) is 12.9. The van der Waals surface area contributed by atoms with Gasteiger partial charge in [-0.05, 0) is 25.0 Å². The fraction of sp³-hybridized carbons (Fsp3) is 0.429. The number of hydrogen-bond donors (Lipinski definition) is 1. The van der Waals surface area contributed by atoms with Gasteiger partial charge in [-0.2, -0.15) is 0 Å². The molecule has 0 atom stereocenters. The highest BCUT2D eigenvalue weighted by atomic mass is 35.5. The smallest absolute Gasteiger partial charge is 0.260 e. The largest absolute Gasteiger partial charge is 0.482 e. The standard InChI is InChI=1S/C14H16Cl2N2O3/c15-10-2-1-3-11(13(10)16)21-8-12(19)18-6-4-9(5-7-18)14(17)20/h1-3,9H,4-8H2,(H2,17,20). The lowest BCUT2D eigenvalue weighted by molar-refractivity contribution is -0.136. The van der Waals surface area contributed by atoms with Crippen LogP contribution in [0.15, 0.2) is 18.2 Å². The molecule has 1 aromatic carbocycles. The van der Waals surface area contributed by atoms with E-state index in [1.54, 1.807) is 23.1 Å². The summed E-state index contributed by atoms with van der Waals surface area (Å²) in [4.78, 5) is 24.8. The lowest BCUT2D eigenvalue weighted by atomic mass is 9.96. The number of nitrogens with two attached hydrogens (primary N) is 1. The monoisotopic (exact) mass is 330 g/mol. The number of primary amides is 1. The number of hydrogen-bond acceptors (Lipinski definition) is 3. The molecule has 0 saturated carbocycles. The van der Waals surface area contributed by atoms with Crippen LogP contribution >= 0.6 is 23.2 Å². The number of rotatable bonds is 4. The van der Waals surface area contributed by atoms with E-state index in [-0.39, 0.29) is 24.3 Å². The Labute approximate surface area is 132 Å². The molecule has 1 saturated heterocycles. The number of amides is 2. The van der Waals surface area contributed by atoms with E-state index in [1.165, 1.54) is 0 Å².